The molecule has 1 atom stereocenters. The van der Waals surface area contributed by atoms with Crippen LogP contribution >= 0.6 is 11.6 Å². The summed E-state index contributed by atoms with van der Waals surface area (Å²) < 4.78 is 0. The van der Waals surface area contributed by atoms with Gasteiger partial charge in [-0.05, 0) is 24.5 Å². The van der Waals surface area contributed by atoms with E-state index in [-0.39, 0.29) is 6.04 Å². The first-order valence-corrected chi connectivity index (χ1v) is 4.05. The molecule has 1 aromatic rings. The summed E-state index contributed by atoms with van der Waals surface area (Å²) in [6, 6.07) is 2.07. The van der Waals surface area contributed by atoms with Gasteiger partial charge in [-0.25, -0.2) is 0 Å². The van der Waals surface area contributed by atoms with Gasteiger partial charge in [0, 0.05) is 17.9 Å². The number of aromatic nitrogens is 1. The van der Waals surface area contributed by atoms with Gasteiger partial charge in [0.2, 0.25) is 0 Å². The van der Waals surface area contributed by atoms with Crippen molar-refractivity contribution >= 4 is 11.6 Å². The van der Waals surface area contributed by atoms with Gasteiger partial charge in [0.15, 0.2) is 0 Å². The molecule has 3 heteroatoms. The van der Waals surface area contributed by atoms with Crippen molar-refractivity contribution in [1.29, 1.82) is 0 Å². The van der Waals surface area contributed by atoms with Gasteiger partial charge in [-0.3, -0.25) is 4.98 Å². The van der Waals surface area contributed by atoms with Gasteiger partial charge in [-0.1, -0.05) is 11.6 Å². The second-order valence-corrected chi connectivity index (χ2v) is 3.27. The van der Waals surface area contributed by atoms with Crippen molar-refractivity contribution < 1.29 is 0 Å². The van der Waals surface area contributed by atoms with Crippen LogP contribution in [0.4, 0.5) is 0 Å². The van der Waals surface area contributed by atoms with Crippen LogP contribution in [-0.4, -0.2) is 4.98 Å². The molecule has 1 heterocycles. The molecule has 2 rings (SSSR count). The molecule has 0 bridgehead atoms. The van der Waals surface area contributed by atoms with Gasteiger partial charge in [0.1, 0.15) is 0 Å². The van der Waals surface area contributed by atoms with Crippen LogP contribution in [0.15, 0.2) is 12.3 Å². The Kier molecular flexibility index (Phi) is 1.59. The number of aryl methyl sites for hydroxylation is 1. The van der Waals surface area contributed by atoms with E-state index in [0.717, 1.165) is 24.1 Å². The lowest BCUT2D eigenvalue weighted by atomic mass is 10.2. The molecule has 0 aromatic carbocycles. The predicted molar refractivity (Wildman–Crippen MR) is 44.5 cm³/mol. The highest BCUT2D eigenvalue weighted by molar-refractivity contribution is 6.30. The lowest BCUT2D eigenvalue weighted by molar-refractivity contribution is 0.712. The summed E-state index contributed by atoms with van der Waals surface area (Å²) in [6.07, 6.45) is 3.68. The highest BCUT2D eigenvalue weighted by atomic mass is 35.5. The molecule has 1 aliphatic rings. The van der Waals surface area contributed by atoms with Crippen LogP contribution in [0.2, 0.25) is 5.02 Å². The maximum atomic E-state index is 5.82. The molecule has 0 saturated heterocycles. The number of rotatable bonds is 0. The number of nitrogens with zero attached hydrogens (tertiary/aromatic N) is 1. The Bertz CT molecular complexity index is 285. The molecule has 1 unspecified atom stereocenters. The highest BCUT2D eigenvalue weighted by Gasteiger charge is 2.19. The molecule has 11 heavy (non-hydrogen) atoms. The number of pyridine rings is 1. The van der Waals surface area contributed by atoms with Crippen molar-refractivity contribution in [2.45, 2.75) is 18.9 Å². The zero-order chi connectivity index (χ0) is 7.84. The van der Waals surface area contributed by atoms with Gasteiger partial charge in [-0.2, -0.15) is 0 Å². The topological polar surface area (TPSA) is 38.9 Å². The first-order chi connectivity index (χ1) is 5.27. The molecule has 2 nitrogen and oxygen atoms in total. The molecular formula is C8H9ClN2. The molecule has 2 N–H and O–H groups in total. The normalized spacial score (nSPS) is 21.8. The third-order valence-electron chi connectivity index (χ3n) is 2.06. The molecule has 0 amide bonds. The van der Waals surface area contributed by atoms with Crippen molar-refractivity contribution in [2.75, 3.05) is 0 Å². The Balaban J connectivity index is 2.52. The van der Waals surface area contributed by atoms with E-state index in [4.69, 9.17) is 17.3 Å². The molecule has 0 fully saturated rings. The molecule has 0 spiro atoms. The van der Waals surface area contributed by atoms with Gasteiger partial charge >= 0.3 is 0 Å². The minimum Gasteiger partial charge on any atom is -0.324 e. The van der Waals surface area contributed by atoms with E-state index in [2.05, 4.69) is 4.98 Å². The second kappa shape index (κ2) is 2.47. The summed E-state index contributed by atoms with van der Waals surface area (Å²) in [5.41, 5.74) is 8.05. The Labute approximate surface area is 70.4 Å². The van der Waals surface area contributed by atoms with Crippen LogP contribution in [0.5, 0.6) is 0 Å². The summed E-state index contributed by atoms with van der Waals surface area (Å²) in [7, 11) is 0. The maximum absolute atomic E-state index is 5.82. The summed E-state index contributed by atoms with van der Waals surface area (Å²) in [5, 5.41) is 0.682. The first-order valence-electron chi connectivity index (χ1n) is 3.67. The van der Waals surface area contributed by atoms with Crippen LogP contribution in [0.3, 0.4) is 0 Å². The predicted octanol–water partition coefficient (Wildman–Crippen LogP) is 1.68. The molecule has 58 valence electrons. The highest BCUT2D eigenvalue weighted by Crippen LogP contribution is 2.28. The molecule has 1 aliphatic carbocycles. The van der Waals surface area contributed by atoms with E-state index in [1.54, 1.807) is 6.20 Å². The number of hydrogen-bond donors (Lipinski definition) is 1. The third kappa shape index (κ3) is 1.12. The molecule has 0 radical (unpaired) electrons. The van der Waals surface area contributed by atoms with E-state index < -0.39 is 0 Å². The van der Waals surface area contributed by atoms with Crippen LogP contribution in [0.25, 0.3) is 0 Å². The lowest BCUT2D eigenvalue weighted by Gasteiger charge is -2.02. The van der Waals surface area contributed by atoms with Crippen LogP contribution in [0.1, 0.15) is 23.7 Å². The smallest absolute Gasteiger partial charge is 0.0592 e. The third-order valence-corrected chi connectivity index (χ3v) is 2.27. The Morgan fingerprint density at radius 1 is 1.64 bits per heavy atom. The van der Waals surface area contributed by atoms with Gasteiger partial charge in [0.05, 0.1) is 5.02 Å². The quantitative estimate of drug-likeness (QED) is 0.640. The zero-order valence-electron chi connectivity index (χ0n) is 6.05. The summed E-state index contributed by atoms with van der Waals surface area (Å²) in [4.78, 5) is 4.20. The van der Waals surface area contributed by atoms with Crippen LogP contribution in [0, 0.1) is 0 Å². The second-order valence-electron chi connectivity index (χ2n) is 2.83. The number of fused-ring (bicyclic) bond motifs is 1. The summed E-state index contributed by atoms with van der Waals surface area (Å²) in [6.45, 7) is 0. The SMILES string of the molecule is NC1CCc2ncc(Cl)cc21. The summed E-state index contributed by atoms with van der Waals surface area (Å²) in [5.74, 6) is 0. The largest absolute Gasteiger partial charge is 0.324 e. The van der Waals surface area contributed by atoms with E-state index in [0.29, 0.717) is 5.02 Å². The van der Waals surface area contributed by atoms with E-state index in [1.807, 2.05) is 6.07 Å². The lowest BCUT2D eigenvalue weighted by Crippen LogP contribution is -2.05. The average Bonchev–Trinajstić information content (AvgIpc) is 2.33. The van der Waals surface area contributed by atoms with Gasteiger partial charge in [0.25, 0.3) is 0 Å². The van der Waals surface area contributed by atoms with Crippen LogP contribution < -0.4 is 5.73 Å². The number of halogens is 1. The minimum absolute atomic E-state index is 0.149. The van der Waals surface area contributed by atoms with Crippen molar-refractivity contribution in [3.05, 3.63) is 28.5 Å². The molecular weight excluding hydrogens is 160 g/mol. The Hall–Kier alpha value is -0.600. The maximum Gasteiger partial charge on any atom is 0.0592 e. The molecule has 0 saturated carbocycles. The number of hydrogen-bond acceptors (Lipinski definition) is 2. The zero-order valence-corrected chi connectivity index (χ0v) is 6.80. The van der Waals surface area contributed by atoms with Crippen molar-refractivity contribution in [2.24, 2.45) is 5.73 Å². The van der Waals surface area contributed by atoms with Crippen molar-refractivity contribution in [1.82, 2.24) is 4.98 Å². The Morgan fingerprint density at radius 3 is 3.27 bits per heavy atom. The van der Waals surface area contributed by atoms with E-state index >= 15 is 0 Å². The fourth-order valence-corrected chi connectivity index (χ4v) is 1.63. The van der Waals surface area contributed by atoms with Gasteiger partial charge in [-0.15, -0.1) is 0 Å². The Morgan fingerprint density at radius 2 is 2.45 bits per heavy atom. The minimum atomic E-state index is 0.149. The van der Waals surface area contributed by atoms with Gasteiger partial charge < -0.3 is 5.73 Å². The number of nitrogens with two attached hydrogens (primary N) is 1. The van der Waals surface area contributed by atoms with E-state index in [1.165, 1.54) is 0 Å². The standard InChI is InChI=1S/C8H9ClN2/c9-5-3-6-7(10)1-2-8(6)11-4-5/h3-4,7H,1-2,10H2. The summed E-state index contributed by atoms with van der Waals surface area (Å²) >= 11 is 5.77. The van der Waals surface area contributed by atoms with Crippen molar-refractivity contribution in [3.63, 3.8) is 0 Å². The average molecular weight is 169 g/mol. The molecule has 0 aliphatic heterocycles. The van der Waals surface area contributed by atoms with Crippen molar-refractivity contribution in [3.8, 4) is 0 Å². The van der Waals surface area contributed by atoms with E-state index in [9.17, 15) is 0 Å². The fraction of sp³-hybridized carbons (Fsp3) is 0.375. The molecule has 1 aromatic heterocycles. The monoisotopic (exact) mass is 168 g/mol. The first kappa shape index (κ1) is 7.07. The fourth-order valence-electron chi connectivity index (χ4n) is 1.46. The van der Waals surface area contributed by atoms with Crippen LogP contribution in [-0.2, 0) is 6.42 Å².